The number of aliphatic hydroxyl groups is 1. The molecule has 0 amide bonds. The van der Waals surface area contributed by atoms with E-state index in [1.807, 2.05) is 0 Å². The maximum Gasteiger partial charge on any atom is 0.258 e. The number of aromatic amines is 1. The highest BCUT2D eigenvalue weighted by Crippen LogP contribution is 2.15. The third-order valence-electron chi connectivity index (χ3n) is 2.08. The van der Waals surface area contributed by atoms with E-state index in [1.165, 1.54) is 6.92 Å². The molecule has 2 aromatic rings. The summed E-state index contributed by atoms with van der Waals surface area (Å²) in [7, 11) is 0. The first-order valence-electron chi connectivity index (χ1n) is 4.45. The van der Waals surface area contributed by atoms with Crippen LogP contribution < -0.4 is 5.56 Å². The first-order valence-corrected chi connectivity index (χ1v) is 4.83. The standard InChI is InChI=1S/C10H9ClN2O2/c1-5(14)9-12-8-4-6(11)2-3-7(8)10(15)13-9/h2-5,14H,1H3,(H,12,13,15). The van der Waals surface area contributed by atoms with Gasteiger partial charge in [0, 0.05) is 5.02 Å². The van der Waals surface area contributed by atoms with Crippen molar-refractivity contribution in [1.82, 2.24) is 9.97 Å². The van der Waals surface area contributed by atoms with E-state index in [0.717, 1.165) is 0 Å². The van der Waals surface area contributed by atoms with E-state index >= 15 is 0 Å². The van der Waals surface area contributed by atoms with Gasteiger partial charge < -0.3 is 10.1 Å². The molecule has 0 spiro atoms. The molecule has 0 aliphatic heterocycles. The second-order valence-corrected chi connectivity index (χ2v) is 3.73. The molecule has 2 N–H and O–H groups in total. The normalized spacial score (nSPS) is 13.0. The number of nitrogens with one attached hydrogen (secondary N) is 1. The molecule has 2 rings (SSSR count). The molecular formula is C10H9ClN2O2. The first kappa shape index (κ1) is 10.1. The average Bonchev–Trinajstić information content (AvgIpc) is 2.16. The van der Waals surface area contributed by atoms with Crippen molar-refractivity contribution in [2.75, 3.05) is 0 Å². The van der Waals surface area contributed by atoms with Crippen LogP contribution in [-0.2, 0) is 0 Å². The van der Waals surface area contributed by atoms with Crippen LogP contribution in [0.5, 0.6) is 0 Å². The number of nitrogens with zero attached hydrogens (tertiary/aromatic N) is 1. The number of rotatable bonds is 1. The highest BCUT2D eigenvalue weighted by molar-refractivity contribution is 6.31. The summed E-state index contributed by atoms with van der Waals surface area (Å²) in [6, 6.07) is 4.83. The maximum absolute atomic E-state index is 11.6. The predicted molar refractivity (Wildman–Crippen MR) is 58.0 cm³/mol. The van der Waals surface area contributed by atoms with Crippen molar-refractivity contribution in [1.29, 1.82) is 0 Å². The summed E-state index contributed by atoms with van der Waals surface area (Å²) in [5.41, 5.74) is 0.217. The van der Waals surface area contributed by atoms with Crippen LogP contribution in [0.4, 0.5) is 0 Å². The first-order chi connectivity index (χ1) is 7.08. The quantitative estimate of drug-likeness (QED) is 0.774. The molecule has 4 nitrogen and oxygen atoms in total. The highest BCUT2D eigenvalue weighted by Gasteiger charge is 2.07. The van der Waals surface area contributed by atoms with Gasteiger partial charge in [-0.15, -0.1) is 0 Å². The number of halogens is 1. The van der Waals surface area contributed by atoms with Crippen LogP contribution in [0.2, 0.25) is 5.02 Å². The second-order valence-electron chi connectivity index (χ2n) is 3.29. The zero-order chi connectivity index (χ0) is 11.0. The van der Waals surface area contributed by atoms with E-state index in [9.17, 15) is 9.90 Å². The van der Waals surface area contributed by atoms with Crippen molar-refractivity contribution in [3.8, 4) is 0 Å². The molecule has 0 radical (unpaired) electrons. The van der Waals surface area contributed by atoms with Gasteiger partial charge in [-0.2, -0.15) is 0 Å². The highest BCUT2D eigenvalue weighted by atomic mass is 35.5. The summed E-state index contributed by atoms with van der Waals surface area (Å²) < 4.78 is 0. The lowest BCUT2D eigenvalue weighted by Crippen LogP contribution is -2.13. The van der Waals surface area contributed by atoms with E-state index in [0.29, 0.717) is 15.9 Å². The van der Waals surface area contributed by atoms with Crippen LogP contribution in [0.15, 0.2) is 23.0 Å². The lowest BCUT2D eigenvalue weighted by molar-refractivity contribution is 0.189. The molecule has 0 saturated heterocycles. The molecule has 0 fully saturated rings. The van der Waals surface area contributed by atoms with Gasteiger partial charge in [0.2, 0.25) is 0 Å². The molecular weight excluding hydrogens is 216 g/mol. The fourth-order valence-electron chi connectivity index (χ4n) is 1.33. The van der Waals surface area contributed by atoms with Crippen LogP contribution in [0.3, 0.4) is 0 Å². The van der Waals surface area contributed by atoms with E-state index in [-0.39, 0.29) is 11.4 Å². The molecule has 0 saturated carbocycles. The molecule has 1 aromatic heterocycles. The summed E-state index contributed by atoms with van der Waals surface area (Å²) in [6.45, 7) is 1.54. The number of aliphatic hydroxyl groups excluding tert-OH is 1. The zero-order valence-electron chi connectivity index (χ0n) is 7.99. The second kappa shape index (κ2) is 3.64. The average molecular weight is 225 g/mol. The van der Waals surface area contributed by atoms with E-state index in [2.05, 4.69) is 9.97 Å². The van der Waals surface area contributed by atoms with Crippen molar-refractivity contribution in [2.45, 2.75) is 13.0 Å². The Morgan fingerprint density at radius 2 is 2.27 bits per heavy atom. The van der Waals surface area contributed by atoms with Crippen LogP contribution >= 0.6 is 11.6 Å². The smallest absolute Gasteiger partial charge is 0.258 e. The number of benzene rings is 1. The van der Waals surface area contributed by atoms with E-state index in [4.69, 9.17) is 11.6 Å². The van der Waals surface area contributed by atoms with Crippen molar-refractivity contribution >= 4 is 22.5 Å². The van der Waals surface area contributed by atoms with Gasteiger partial charge in [0.05, 0.1) is 10.9 Å². The SMILES string of the molecule is CC(O)c1nc2cc(Cl)ccc2c(=O)[nH]1. The zero-order valence-corrected chi connectivity index (χ0v) is 8.75. The Bertz CT molecular complexity index is 563. The summed E-state index contributed by atoms with van der Waals surface area (Å²) >= 11 is 5.79. The molecule has 15 heavy (non-hydrogen) atoms. The molecule has 0 aliphatic carbocycles. The van der Waals surface area contributed by atoms with Gasteiger partial charge in [0.15, 0.2) is 0 Å². The molecule has 1 atom stereocenters. The van der Waals surface area contributed by atoms with Crippen LogP contribution in [-0.4, -0.2) is 15.1 Å². The third kappa shape index (κ3) is 1.86. The third-order valence-corrected chi connectivity index (χ3v) is 2.32. The van der Waals surface area contributed by atoms with Gasteiger partial charge in [0.1, 0.15) is 11.9 Å². The van der Waals surface area contributed by atoms with Crippen LogP contribution in [0.25, 0.3) is 10.9 Å². The Labute approximate surface area is 90.5 Å². The minimum absolute atomic E-state index is 0.245. The van der Waals surface area contributed by atoms with Gasteiger partial charge in [-0.05, 0) is 25.1 Å². The molecule has 0 bridgehead atoms. The molecule has 1 unspecified atom stereocenters. The van der Waals surface area contributed by atoms with E-state index in [1.54, 1.807) is 18.2 Å². The summed E-state index contributed by atoms with van der Waals surface area (Å²) in [5, 5.41) is 10.3. The molecule has 0 aliphatic rings. The number of fused-ring (bicyclic) bond motifs is 1. The number of hydrogen-bond donors (Lipinski definition) is 2. The van der Waals surface area contributed by atoms with Crippen molar-refractivity contribution < 1.29 is 5.11 Å². The Kier molecular flexibility index (Phi) is 2.46. The lowest BCUT2D eigenvalue weighted by Gasteiger charge is -2.04. The van der Waals surface area contributed by atoms with Crippen LogP contribution in [0, 0.1) is 0 Å². The van der Waals surface area contributed by atoms with Gasteiger partial charge in [-0.3, -0.25) is 4.79 Å². The molecule has 5 heteroatoms. The summed E-state index contributed by atoms with van der Waals surface area (Å²) in [4.78, 5) is 18.2. The van der Waals surface area contributed by atoms with Crippen LogP contribution in [0.1, 0.15) is 18.9 Å². The number of H-pyrrole nitrogens is 1. The van der Waals surface area contributed by atoms with Gasteiger partial charge in [-0.25, -0.2) is 4.98 Å². The lowest BCUT2D eigenvalue weighted by atomic mass is 10.2. The Morgan fingerprint density at radius 1 is 1.53 bits per heavy atom. The van der Waals surface area contributed by atoms with E-state index < -0.39 is 6.10 Å². The van der Waals surface area contributed by atoms with Crippen molar-refractivity contribution in [2.24, 2.45) is 0 Å². The minimum atomic E-state index is -0.805. The molecule has 78 valence electrons. The van der Waals surface area contributed by atoms with Gasteiger partial charge in [-0.1, -0.05) is 11.6 Å². The minimum Gasteiger partial charge on any atom is -0.385 e. The maximum atomic E-state index is 11.6. The molecule has 1 aromatic carbocycles. The monoisotopic (exact) mass is 224 g/mol. The topological polar surface area (TPSA) is 66.0 Å². The fraction of sp³-hybridized carbons (Fsp3) is 0.200. The number of aromatic nitrogens is 2. The fourth-order valence-corrected chi connectivity index (χ4v) is 1.49. The van der Waals surface area contributed by atoms with Crippen molar-refractivity contribution in [3.63, 3.8) is 0 Å². The van der Waals surface area contributed by atoms with Crippen molar-refractivity contribution in [3.05, 3.63) is 39.4 Å². The largest absolute Gasteiger partial charge is 0.385 e. The summed E-state index contributed by atoms with van der Waals surface area (Å²) in [6.07, 6.45) is -0.805. The Balaban J connectivity index is 2.80. The predicted octanol–water partition coefficient (Wildman–Crippen LogP) is 1.63. The number of hydrogen-bond acceptors (Lipinski definition) is 3. The Hall–Kier alpha value is -1.39. The van der Waals surface area contributed by atoms with Gasteiger partial charge in [0.25, 0.3) is 5.56 Å². The Morgan fingerprint density at radius 3 is 2.93 bits per heavy atom. The summed E-state index contributed by atoms with van der Waals surface area (Å²) in [5.74, 6) is 0.245. The molecule has 1 heterocycles. The van der Waals surface area contributed by atoms with Gasteiger partial charge >= 0.3 is 0 Å².